The third kappa shape index (κ3) is 4.19. The van der Waals surface area contributed by atoms with E-state index >= 15 is 0 Å². The first-order valence-electron chi connectivity index (χ1n) is 8.11. The third-order valence-electron chi connectivity index (χ3n) is 4.99. The van der Waals surface area contributed by atoms with Gasteiger partial charge in [0.05, 0.1) is 5.41 Å². The van der Waals surface area contributed by atoms with Gasteiger partial charge in [-0.25, -0.2) is 0 Å². The summed E-state index contributed by atoms with van der Waals surface area (Å²) in [4.78, 5) is 28.5. The first-order chi connectivity index (χ1) is 9.90. The van der Waals surface area contributed by atoms with Crippen LogP contribution < -0.4 is 0 Å². The summed E-state index contributed by atoms with van der Waals surface area (Å²) < 4.78 is 0. The van der Waals surface area contributed by atoms with Crippen molar-refractivity contribution in [3.8, 4) is 0 Å². The Morgan fingerprint density at radius 3 is 2.29 bits per heavy atom. The zero-order chi connectivity index (χ0) is 16.0. The molecule has 1 unspecified atom stereocenters. The second kappa shape index (κ2) is 7.78. The lowest BCUT2D eigenvalue weighted by Gasteiger charge is -2.34. The largest absolute Gasteiger partial charge is 0.481 e. The number of carboxylic acid groups (broad SMARTS) is 1. The Morgan fingerprint density at radius 1 is 1.19 bits per heavy atom. The zero-order valence-electron chi connectivity index (χ0n) is 13.9. The van der Waals surface area contributed by atoms with Crippen LogP contribution in [0.25, 0.3) is 0 Å². The summed E-state index contributed by atoms with van der Waals surface area (Å²) in [5.41, 5.74) is -0.909. The molecule has 1 N–H and O–H groups in total. The predicted octanol–water partition coefficient (Wildman–Crippen LogP) is 2.21. The average Bonchev–Trinajstić information content (AvgIpc) is 2.65. The maximum atomic E-state index is 12.7. The van der Waals surface area contributed by atoms with Gasteiger partial charge in [-0.1, -0.05) is 20.8 Å². The van der Waals surface area contributed by atoms with Crippen LogP contribution in [0, 0.1) is 5.41 Å². The molecule has 1 aliphatic rings. The second-order valence-electron chi connectivity index (χ2n) is 6.23. The molecule has 0 aromatic rings. The van der Waals surface area contributed by atoms with Gasteiger partial charge >= 0.3 is 5.97 Å². The van der Waals surface area contributed by atoms with E-state index in [1.54, 1.807) is 0 Å². The van der Waals surface area contributed by atoms with Crippen LogP contribution in [-0.4, -0.2) is 59.5 Å². The molecule has 0 saturated carbocycles. The van der Waals surface area contributed by atoms with Gasteiger partial charge < -0.3 is 14.9 Å². The molecule has 21 heavy (non-hydrogen) atoms. The Morgan fingerprint density at radius 2 is 1.81 bits per heavy atom. The van der Waals surface area contributed by atoms with Crippen molar-refractivity contribution in [1.82, 2.24) is 9.80 Å². The highest BCUT2D eigenvalue weighted by atomic mass is 16.4. The van der Waals surface area contributed by atoms with Crippen LogP contribution in [0.3, 0.4) is 0 Å². The summed E-state index contributed by atoms with van der Waals surface area (Å²) in [7, 11) is 2.08. The van der Waals surface area contributed by atoms with E-state index in [-0.39, 0.29) is 18.4 Å². The number of nitrogens with zero attached hydrogens (tertiary/aromatic N) is 2. The van der Waals surface area contributed by atoms with Crippen LogP contribution in [0.4, 0.5) is 0 Å². The van der Waals surface area contributed by atoms with Crippen molar-refractivity contribution in [1.29, 1.82) is 0 Å². The van der Waals surface area contributed by atoms with Gasteiger partial charge in [0.15, 0.2) is 0 Å². The highest BCUT2D eigenvalue weighted by Gasteiger charge is 2.39. The molecule has 0 radical (unpaired) electrons. The lowest BCUT2D eigenvalue weighted by atomic mass is 9.78. The fraction of sp³-hybridized carbons (Fsp3) is 0.875. The number of carbonyl (C=O) groups is 2. The molecule has 1 amide bonds. The molecule has 1 atom stereocenters. The average molecular weight is 298 g/mol. The molecule has 0 bridgehead atoms. The molecule has 1 rings (SSSR count). The molecule has 0 aromatic heterocycles. The maximum absolute atomic E-state index is 12.7. The molecule has 1 saturated heterocycles. The van der Waals surface area contributed by atoms with Crippen molar-refractivity contribution >= 4 is 11.9 Å². The number of carbonyl (C=O) groups excluding carboxylic acids is 1. The molecule has 0 aromatic carbocycles. The first kappa shape index (κ1) is 18.0. The summed E-state index contributed by atoms with van der Waals surface area (Å²) in [5, 5.41) is 9.51. The normalized spacial score (nSPS) is 21.1. The van der Waals surface area contributed by atoms with Gasteiger partial charge in [0, 0.05) is 25.6 Å². The third-order valence-corrected chi connectivity index (χ3v) is 4.99. The monoisotopic (exact) mass is 298 g/mol. The summed E-state index contributed by atoms with van der Waals surface area (Å²) in [6, 6.07) is 0.199. The van der Waals surface area contributed by atoms with E-state index in [2.05, 4.69) is 18.9 Å². The molecule has 1 fully saturated rings. The van der Waals surface area contributed by atoms with Gasteiger partial charge in [-0.05, 0) is 39.3 Å². The zero-order valence-corrected chi connectivity index (χ0v) is 13.9. The standard InChI is InChI=1S/C16H30N2O3/c1-5-13-12-17(4)9-8-10-18(13)14(19)11-16(6-2,7-3)15(20)21/h13H,5-12H2,1-4H3,(H,20,21). The Balaban J connectivity index is 2.87. The Kier molecular flexibility index (Phi) is 6.65. The minimum atomic E-state index is -0.909. The summed E-state index contributed by atoms with van der Waals surface area (Å²) in [6.45, 7) is 8.42. The van der Waals surface area contributed by atoms with E-state index in [0.29, 0.717) is 12.8 Å². The van der Waals surface area contributed by atoms with Crippen LogP contribution >= 0.6 is 0 Å². The number of rotatable bonds is 6. The van der Waals surface area contributed by atoms with Crippen LogP contribution in [0.15, 0.2) is 0 Å². The van der Waals surface area contributed by atoms with Gasteiger partial charge in [0.25, 0.3) is 0 Å². The van der Waals surface area contributed by atoms with E-state index in [1.807, 2.05) is 18.7 Å². The summed E-state index contributed by atoms with van der Waals surface area (Å²) in [6.07, 6.45) is 2.98. The van der Waals surface area contributed by atoms with E-state index in [1.165, 1.54) is 0 Å². The van der Waals surface area contributed by atoms with Crippen molar-refractivity contribution in [3.63, 3.8) is 0 Å². The minimum Gasteiger partial charge on any atom is -0.481 e. The second-order valence-corrected chi connectivity index (χ2v) is 6.23. The number of likely N-dealkylation sites (N-methyl/N-ethyl adjacent to an activating group) is 1. The Bertz CT molecular complexity index is 367. The molecule has 5 nitrogen and oxygen atoms in total. The quantitative estimate of drug-likeness (QED) is 0.816. The van der Waals surface area contributed by atoms with Crippen molar-refractivity contribution < 1.29 is 14.7 Å². The fourth-order valence-corrected chi connectivity index (χ4v) is 3.19. The van der Waals surface area contributed by atoms with Gasteiger partial charge in [-0.3, -0.25) is 9.59 Å². The summed E-state index contributed by atoms with van der Waals surface area (Å²) in [5.74, 6) is -0.843. The minimum absolute atomic E-state index is 0.00301. The lowest BCUT2D eigenvalue weighted by molar-refractivity contribution is -0.155. The van der Waals surface area contributed by atoms with Gasteiger partial charge in [0.2, 0.25) is 5.91 Å². The summed E-state index contributed by atoms with van der Waals surface area (Å²) >= 11 is 0. The molecule has 0 aliphatic carbocycles. The van der Waals surface area contributed by atoms with Crippen molar-refractivity contribution in [2.24, 2.45) is 5.41 Å². The molecular formula is C16H30N2O3. The van der Waals surface area contributed by atoms with Crippen LogP contribution in [0.2, 0.25) is 0 Å². The Labute approximate surface area is 128 Å². The first-order valence-corrected chi connectivity index (χ1v) is 8.11. The maximum Gasteiger partial charge on any atom is 0.310 e. The number of hydrogen-bond acceptors (Lipinski definition) is 3. The van der Waals surface area contributed by atoms with Crippen LogP contribution in [0.1, 0.15) is 52.9 Å². The van der Waals surface area contributed by atoms with Gasteiger partial charge in [-0.2, -0.15) is 0 Å². The molecule has 5 heteroatoms. The molecule has 122 valence electrons. The number of amides is 1. The fourth-order valence-electron chi connectivity index (χ4n) is 3.19. The SMILES string of the molecule is CCC1CN(C)CCCN1C(=O)CC(CC)(CC)C(=O)O. The lowest BCUT2D eigenvalue weighted by Crippen LogP contribution is -2.46. The Hall–Kier alpha value is -1.10. The van der Waals surface area contributed by atoms with Gasteiger partial charge in [-0.15, -0.1) is 0 Å². The number of aliphatic carboxylic acids is 1. The van der Waals surface area contributed by atoms with E-state index in [4.69, 9.17) is 0 Å². The smallest absolute Gasteiger partial charge is 0.310 e. The van der Waals surface area contributed by atoms with E-state index in [0.717, 1.165) is 32.5 Å². The molecule has 1 heterocycles. The van der Waals surface area contributed by atoms with Crippen molar-refractivity contribution in [2.75, 3.05) is 26.7 Å². The highest BCUT2D eigenvalue weighted by molar-refractivity contribution is 5.85. The highest BCUT2D eigenvalue weighted by Crippen LogP contribution is 2.32. The topological polar surface area (TPSA) is 60.9 Å². The van der Waals surface area contributed by atoms with Gasteiger partial charge in [0.1, 0.15) is 0 Å². The molecule has 1 aliphatic heterocycles. The van der Waals surface area contributed by atoms with E-state index in [9.17, 15) is 14.7 Å². The van der Waals surface area contributed by atoms with Crippen LogP contribution in [0.5, 0.6) is 0 Å². The predicted molar refractivity (Wildman–Crippen MR) is 83.2 cm³/mol. The van der Waals surface area contributed by atoms with E-state index < -0.39 is 11.4 Å². The molecule has 0 spiro atoms. The van der Waals surface area contributed by atoms with Crippen molar-refractivity contribution in [3.05, 3.63) is 0 Å². The van der Waals surface area contributed by atoms with Crippen LogP contribution in [-0.2, 0) is 9.59 Å². The molecular weight excluding hydrogens is 268 g/mol. The number of carboxylic acids is 1. The number of hydrogen-bond donors (Lipinski definition) is 1. The van der Waals surface area contributed by atoms with Crippen molar-refractivity contribution in [2.45, 2.75) is 58.9 Å².